The van der Waals surface area contributed by atoms with Crippen LogP contribution in [-0.4, -0.2) is 48.9 Å². The first-order chi connectivity index (χ1) is 8.58. The van der Waals surface area contributed by atoms with Crippen molar-refractivity contribution in [2.45, 2.75) is 18.9 Å². The van der Waals surface area contributed by atoms with Crippen molar-refractivity contribution in [3.63, 3.8) is 0 Å². The lowest BCUT2D eigenvalue weighted by Crippen LogP contribution is -2.47. The number of rotatable bonds is 2. The predicted molar refractivity (Wildman–Crippen MR) is 81.8 cm³/mol. The number of benzene rings is 1. The van der Waals surface area contributed by atoms with Gasteiger partial charge in [-0.25, -0.2) is 0 Å². The molecule has 1 aromatic rings. The van der Waals surface area contributed by atoms with E-state index in [-0.39, 0.29) is 5.91 Å². The minimum Gasteiger partial charge on any atom is -0.337 e. The molecule has 1 heterocycles. The topological polar surface area (TPSA) is 23.6 Å². The van der Waals surface area contributed by atoms with Gasteiger partial charge in [0.2, 0.25) is 0 Å². The third-order valence-electron chi connectivity index (χ3n) is 3.56. The standard InChI is InChI=1S/C14H19IN2O/c1-16-9-3-4-13(10-16)17(2)14(18)11-5-7-12(15)8-6-11/h5-8,13H,3-4,9-10H2,1-2H3. The smallest absolute Gasteiger partial charge is 0.253 e. The van der Waals surface area contributed by atoms with Crippen molar-refractivity contribution in [3.05, 3.63) is 33.4 Å². The normalized spacial score (nSPS) is 20.7. The van der Waals surface area contributed by atoms with Gasteiger partial charge in [-0.05, 0) is 73.3 Å². The summed E-state index contributed by atoms with van der Waals surface area (Å²) in [5.41, 5.74) is 0.783. The van der Waals surface area contributed by atoms with E-state index in [0.29, 0.717) is 6.04 Å². The van der Waals surface area contributed by atoms with Crippen LogP contribution >= 0.6 is 22.6 Å². The highest BCUT2D eigenvalue weighted by molar-refractivity contribution is 14.1. The summed E-state index contributed by atoms with van der Waals surface area (Å²) in [5, 5.41) is 0. The summed E-state index contributed by atoms with van der Waals surface area (Å²) < 4.78 is 1.16. The maximum absolute atomic E-state index is 12.4. The van der Waals surface area contributed by atoms with Crippen LogP contribution in [0.2, 0.25) is 0 Å². The number of carbonyl (C=O) groups is 1. The number of hydrogen-bond acceptors (Lipinski definition) is 2. The molecule has 0 aromatic heterocycles. The van der Waals surface area contributed by atoms with Crippen molar-refractivity contribution in [2.24, 2.45) is 0 Å². The second kappa shape index (κ2) is 6.02. The van der Waals surface area contributed by atoms with E-state index in [0.717, 1.165) is 28.6 Å². The number of amides is 1. The molecule has 0 saturated carbocycles. The summed E-state index contributed by atoms with van der Waals surface area (Å²) in [6, 6.07) is 8.12. The Morgan fingerprint density at radius 2 is 2.06 bits per heavy atom. The first kappa shape index (κ1) is 13.8. The molecule has 4 heteroatoms. The highest BCUT2D eigenvalue weighted by atomic mass is 127. The van der Waals surface area contributed by atoms with Crippen LogP contribution in [0.1, 0.15) is 23.2 Å². The largest absolute Gasteiger partial charge is 0.337 e. The number of likely N-dealkylation sites (tertiary alicyclic amines) is 1. The third kappa shape index (κ3) is 3.23. The van der Waals surface area contributed by atoms with Gasteiger partial charge < -0.3 is 9.80 Å². The molecule has 0 spiro atoms. The number of likely N-dealkylation sites (N-methyl/N-ethyl adjacent to an activating group) is 2. The third-order valence-corrected chi connectivity index (χ3v) is 4.28. The zero-order valence-corrected chi connectivity index (χ0v) is 13.1. The predicted octanol–water partition coefficient (Wildman–Crippen LogP) is 2.46. The highest BCUT2D eigenvalue weighted by Gasteiger charge is 2.24. The monoisotopic (exact) mass is 358 g/mol. The van der Waals surface area contributed by atoms with Crippen molar-refractivity contribution >= 4 is 28.5 Å². The Bertz CT molecular complexity index is 418. The Labute approximate surface area is 122 Å². The Morgan fingerprint density at radius 1 is 1.39 bits per heavy atom. The van der Waals surface area contributed by atoms with Crippen LogP contribution in [0.4, 0.5) is 0 Å². The number of carbonyl (C=O) groups excluding carboxylic acids is 1. The lowest BCUT2D eigenvalue weighted by Gasteiger charge is -2.35. The van der Waals surface area contributed by atoms with E-state index in [1.165, 1.54) is 6.42 Å². The van der Waals surface area contributed by atoms with Crippen LogP contribution in [0.25, 0.3) is 0 Å². The van der Waals surface area contributed by atoms with E-state index in [9.17, 15) is 4.79 Å². The molecule has 1 amide bonds. The van der Waals surface area contributed by atoms with Gasteiger partial charge >= 0.3 is 0 Å². The average molecular weight is 358 g/mol. The quantitative estimate of drug-likeness (QED) is 0.759. The maximum Gasteiger partial charge on any atom is 0.253 e. The summed E-state index contributed by atoms with van der Waals surface area (Å²) >= 11 is 2.25. The van der Waals surface area contributed by atoms with Crippen LogP contribution in [-0.2, 0) is 0 Å². The average Bonchev–Trinajstić information content (AvgIpc) is 2.38. The Morgan fingerprint density at radius 3 is 2.67 bits per heavy atom. The van der Waals surface area contributed by atoms with E-state index in [4.69, 9.17) is 0 Å². The van der Waals surface area contributed by atoms with Gasteiger partial charge in [0.15, 0.2) is 0 Å². The van der Waals surface area contributed by atoms with Crippen LogP contribution in [0.3, 0.4) is 0 Å². The van der Waals surface area contributed by atoms with Gasteiger partial charge in [-0.2, -0.15) is 0 Å². The molecule has 98 valence electrons. The molecule has 0 N–H and O–H groups in total. The fourth-order valence-corrected chi connectivity index (χ4v) is 2.78. The molecule has 18 heavy (non-hydrogen) atoms. The van der Waals surface area contributed by atoms with Crippen LogP contribution in [0.5, 0.6) is 0 Å². The SMILES string of the molecule is CN1CCCC(N(C)C(=O)c2ccc(I)cc2)C1. The second-order valence-corrected chi connectivity index (χ2v) is 6.23. The van der Waals surface area contributed by atoms with Crippen LogP contribution in [0, 0.1) is 3.57 Å². The van der Waals surface area contributed by atoms with Gasteiger partial charge in [-0.3, -0.25) is 4.79 Å². The zero-order chi connectivity index (χ0) is 13.1. The zero-order valence-electron chi connectivity index (χ0n) is 10.9. The Balaban J connectivity index is 2.06. The summed E-state index contributed by atoms with van der Waals surface area (Å²) in [4.78, 5) is 16.6. The molecule has 0 radical (unpaired) electrons. The molecular weight excluding hydrogens is 339 g/mol. The fraction of sp³-hybridized carbons (Fsp3) is 0.500. The second-order valence-electron chi connectivity index (χ2n) is 4.98. The van der Waals surface area contributed by atoms with Gasteiger partial charge in [-0.1, -0.05) is 0 Å². The van der Waals surface area contributed by atoms with E-state index in [1.807, 2.05) is 36.2 Å². The molecule has 1 aromatic carbocycles. The first-order valence-electron chi connectivity index (χ1n) is 6.29. The molecule has 1 aliphatic rings. The summed E-state index contributed by atoms with van der Waals surface area (Å²) in [5.74, 6) is 0.131. The van der Waals surface area contributed by atoms with E-state index < -0.39 is 0 Å². The van der Waals surface area contributed by atoms with Crippen molar-refractivity contribution in [1.82, 2.24) is 9.80 Å². The Hall–Kier alpha value is -0.620. The molecule has 2 rings (SSSR count). The summed E-state index contributed by atoms with van der Waals surface area (Å²) in [6.45, 7) is 2.12. The molecule has 0 aliphatic carbocycles. The molecule has 1 saturated heterocycles. The van der Waals surface area contributed by atoms with Crippen molar-refractivity contribution in [1.29, 1.82) is 0 Å². The number of piperidine rings is 1. The molecule has 3 nitrogen and oxygen atoms in total. The molecule has 1 fully saturated rings. The van der Waals surface area contributed by atoms with Gasteiger partial charge in [0.25, 0.3) is 5.91 Å². The summed E-state index contributed by atoms with van der Waals surface area (Å²) in [6.07, 6.45) is 2.28. The first-order valence-corrected chi connectivity index (χ1v) is 7.37. The van der Waals surface area contributed by atoms with Gasteiger partial charge in [-0.15, -0.1) is 0 Å². The Kier molecular flexibility index (Phi) is 4.61. The summed E-state index contributed by atoms with van der Waals surface area (Å²) in [7, 11) is 4.04. The molecule has 1 atom stereocenters. The van der Waals surface area contributed by atoms with Crippen LogP contribution in [0.15, 0.2) is 24.3 Å². The minimum absolute atomic E-state index is 0.131. The minimum atomic E-state index is 0.131. The van der Waals surface area contributed by atoms with Crippen molar-refractivity contribution in [2.75, 3.05) is 27.2 Å². The van der Waals surface area contributed by atoms with E-state index in [2.05, 4.69) is 34.5 Å². The lowest BCUT2D eigenvalue weighted by atomic mass is 10.0. The molecule has 1 unspecified atom stereocenters. The van der Waals surface area contributed by atoms with Crippen LogP contribution < -0.4 is 0 Å². The fourth-order valence-electron chi connectivity index (χ4n) is 2.42. The van der Waals surface area contributed by atoms with Crippen molar-refractivity contribution < 1.29 is 4.79 Å². The molecule has 0 bridgehead atoms. The van der Waals surface area contributed by atoms with Gasteiger partial charge in [0.1, 0.15) is 0 Å². The number of hydrogen-bond donors (Lipinski definition) is 0. The van der Waals surface area contributed by atoms with Crippen molar-refractivity contribution in [3.8, 4) is 0 Å². The van der Waals surface area contributed by atoms with Gasteiger partial charge in [0, 0.05) is 28.8 Å². The molecule has 1 aliphatic heterocycles. The highest BCUT2D eigenvalue weighted by Crippen LogP contribution is 2.16. The maximum atomic E-state index is 12.4. The number of nitrogens with zero attached hydrogens (tertiary/aromatic N) is 2. The van der Waals surface area contributed by atoms with E-state index >= 15 is 0 Å². The van der Waals surface area contributed by atoms with Gasteiger partial charge in [0.05, 0.1) is 0 Å². The number of halogens is 1. The lowest BCUT2D eigenvalue weighted by molar-refractivity contribution is 0.0644. The van der Waals surface area contributed by atoms with E-state index in [1.54, 1.807) is 0 Å². The molecular formula is C14H19IN2O.